The summed E-state index contributed by atoms with van der Waals surface area (Å²) in [6, 6.07) is 77.3. The molecule has 0 aliphatic heterocycles. The lowest BCUT2D eigenvalue weighted by atomic mass is 9.92. The minimum Gasteiger partial charge on any atom is -0.231 e. The van der Waals surface area contributed by atoms with Crippen LogP contribution in [0, 0.1) is 0 Å². The quantitative estimate of drug-likeness (QED) is 0.158. The van der Waals surface area contributed by atoms with E-state index in [1.54, 1.807) is 0 Å². The molecule has 3 heterocycles. The van der Waals surface area contributed by atoms with Gasteiger partial charge in [0.1, 0.15) is 5.69 Å². The fourth-order valence-corrected chi connectivity index (χ4v) is 9.11. The summed E-state index contributed by atoms with van der Waals surface area (Å²) in [4.78, 5) is 10.4. The molecule has 0 spiro atoms. The van der Waals surface area contributed by atoms with Crippen LogP contribution in [0.3, 0.4) is 0 Å². The normalized spacial score (nSPS) is 11.6. The van der Waals surface area contributed by atoms with Crippen molar-refractivity contribution in [2.75, 3.05) is 0 Å². The van der Waals surface area contributed by atoms with Crippen LogP contribution < -0.4 is 0 Å². The second-order valence-electron chi connectivity index (χ2n) is 15.6. The van der Waals surface area contributed by atoms with Crippen LogP contribution in [0.1, 0.15) is 0 Å². The molecule has 284 valence electrons. The highest BCUT2D eigenvalue weighted by atomic mass is 15.2. The molecule has 0 amide bonds. The molecule has 0 aliphatic carbocycles. The van der Waals surface area contributed by atoms with Crippen molar-refractivity contribution in [2.45, 2.75) is 0 Å². The lowest BCUT2D eigenvalue weighted by molar-refractivity contribution is 0.979. The van der Waals surface area contributed by atoms with Crippen LogP contribution in [0.4, 0.5) is 0 Å². The Morgan fingerprint density at radius 3 is 1.43 bits per heavy atom. The Balaban J connectivity index is 1.03. The number of rotatable bonds is 6. The predicted octanol–water partition coefficient (Wildman–Crippen LogP) is 14.7. The smallest absolute Gasteiger partial charge is 0.160 e. The molecule has 0 radical (unpaired) electrons. The van der Waals surface area contributed by atoms with E-state index in [9.17, 15) is 0 Å². The average Bonchev–Trinajstić information content (AvgIpc) is 3.76. The topological polar surface area (TPSA) is 43.1 Å². The highest BCUT2D eigenvalue weighted by Crippen LogP contribution is 2.42. The zero-order valence-electron chi connectivity index (χ0n) is 33.1. The molecule has 0 atom stereocenters. The molecule has 12 aromatic rings. The van der Waals surface area contributed by atoms with Gasteiger partial charge in [0.25, 0.3) is 0 Å². The summed E-state index contributed by atoms with van der Waals surface area (Å²) in [5.74, 6) is 0.688. The minimum atomic E-state index is 0.688. The van der Waals surface area contributed by atoms with E-state index in [0.717, 1.165) is 72.6 Å². The van der Waals surface area contributed by atoms with Crippen LogP contribution in [0.5, 0.6) is 0 Å². The molecule has 3 aromatic heterocycles. The fraction of sp³-hybridized carbons (Fsp3) is 0. The van der Waals surface area contributed by atoms with Gasteiger partial charge in [-0.1, -0.05) is 200 Å². The van der Waals surface area contributed by atoms with Gasteiger partial charge in [-0.15, -0.1) is 0 Å². The Bertz CT molecular complexity index is 3580. The van der Waals surface area contributed by atoms with Crippen LogP contribution in [-0.2, 0) is 0 Å². The van der Waals surface area contributed by atoms with E-state index in [-0.39, 0.29) is 0 Å². The summed E-state index contributed by atoms with van der Waals surface area (Å²) in [5.41, 5.74) is 12.2. The largest absolute Gasteiger partial charge is 0.231 e. The van der Waals surface area contributed by atoms with Gasteiger partial charge in [-0.25, -0.2) is 14.5 Å². The number of hydrogen-bond donors (Lipinski definition) is 0. The van der Waals surface area contributed by atoms with Gasteiger partial charge in [0, 0.05) is 38.8 Å². The van der Waals surface area contributed by atoms with Gasteiger partial charge in [0.15, 0.2) is 5.82 Å². The zero-order chi connectivity index (χ0) is 40.3. The van der Waals surface area contributed by atoms with E-state index in [1.807, 2.05) is 18.2 Å². The van der Waals surface area contributed by atoms with Crippen molar-refractivity contribution in [1.29, 1.82) is 0 Å². The number of hydrogen-bond acceptors (Lipinski definition) is 3. The van der Waals surface area contributed by atoms with Crippen LogP contribution in [0.25, 0.3) is 116 Å². The second kappa shape index (κ2) is 14.3. The molecular formula is C57H36N4. The fourth-order valence-electron chi connectivity index (χ4n) is 9.11. The molecule has 0 unspecified atom stereocenters. The Kier molecular flexibility index (Phi) is 8.13. The SMILES string of the molecule is c1ccc(-c2nc(-c3ccc(-c4nn5c(-c6ccccc6)cc6ccccc6c5c4-c4ccccc4)cc3)cc(-c3ccc4c5ccccc5c5ccccc5c4c3)n2)cc1. The summed E-state index contributed by atoms with van der Waals surface area (Å²) in [7, 11) is 0. The molecule has 0 bridgehead atoms. The molecule has 0 fully saturated rings. The first-order chi connectivity index (χ1) is 30.2. The second-order valence-corrected chi connectivity index (χ2v) is 15.6. The van der Waals surface area contributed by atoms with Crippen LogP contribution in [-0.4, -0.2) is 19.6 Å². The molecule has 61 heavy (non-hydrogen) atoms. The van der Waals surface area contributed by atoms with Crippen LogP contribution in [0.15, 0.2) is 218 Å². The molecule has 0 saturated heterocycles. The summed E-state index contributed by atoms with van der Waals surface area (Å²) in [6.07, 6.45) is 0. The van der Waals surface area contributed by atoms with Crippen LogP contribution in [0.2, 0.25) is 0 Å². The standard InChI is InChI=1S/C57H36N4/c1-4-16-38(17-5-1)53-35-42-22-10-11-23-44(42)56-54(39-18-6-2-7-19-39)55(60-61(53)56)40-30-28-37(29-31-40)51-36-52(59-57(58-51)41-20-8-3-9-21-41)43-32-33-49-47-26-13-12-24-45(47)46-25-14-15-27-48(46)50(49)34-43/h1-36H. The first-order valence-electron chi connectivity index (χ1n) is 20.7. The number of pyridine rings is 1. The van der Waals surface area contributed by atoms with Crippen molar-refractivity contribution in [1.82, 2.24) is 19.6 Å². The highest BCUT2D eigenvalue weighted by Gasteiger charge is 2.22. The maximum absolute atomic E-state index is 5.45. The Hall–Kier alpha value is -8.21. The maximum Gasteiger partial charge on any atom is 0.160 e. The van der Waals surface area contributed by atoms with Gasteiger partial charge in [0.2, 0.25) is 0 Å². The zero-order valence-corrected chi connectivity index (χ0v) is 33.1. The van der Waals surface area contributed by atoms with Crippen molar-refractivity contribution >= 4 is 48.6 Å². The van der Waals surface area contributed by atoms with E-state index in [4.69, 9.17) is 15.1 Å². The molecule has 0 N–H and O–H groups in total. The van der Waals surface area contributed by atoms with Gasteiger partial charge in [-0.05, 0) is 61.5 Å². The number of nitrogens with zero attached hydrogens (tertiary/aromatic N) is 4. The molecule has 4 nitrogen and oxygen atoms in total. The third-order valence-electron chi connectivity index (χ3n) is 12.0. The van der Waals surface area contributed by atoms with Gasteiger partial charge >= 0.3 is 0 Å². The van der Waals surface area contributed by atoms with Gasteiger partial charge in [0.05, 0.1) is 22.6 Å². The predicted molar refractivity (Wildman–Crippen MR) is 253 cm³/mol. The minimum absolute atomic E-state index is 0.688. The lowest BCUT2D eigenvalue weighted by Gasteiger charge is -2.13. The van der Waals surface area contributed by atoms with E-state index < -0.39 is 0 Å². The Morgan fingerprint density at radius 1 is 0.311 bits per heavy atom. The van der Waals surface area contributed by atoms with E-state index in [2.05, 4.69) is 205 Å². The molecule has 0 saturated carbocycles. The third-order valence-corrected chi connectivity index (χ3v) is 12.0. The molecule has 4 heteroatoms. The Labute approximate surface area is 352 Å². The number of fused-ring (bicyclic) bond motifs is 9. The number of benzene rings is 9. The highest BCUT2D eigenvalue weighted by molar-refractivity contribution is 6.25. The van der Waals surface area contributed by atoms with Crippen molar-refractivity contribution in [3.8, 4) is 67.5 Å². The van der Waals surface area contributed by atoms with E-state index in [0.29, 0.717) is 5.82 Å². The summed E-state index contributed by atoms with van der Waals surface area (Å²) in [5, 5.41) is 15.2. The summed E-state index contributed by atoms with van der Waals surface area (Å²) in [6.45, 7) is 0. The van der Waals surface area contributed by atoms with E-state index in [1.165, 1.54) is 37.7 Å². The van der Waals surface area contributed by atoms with Gasteiger partial charge in [-0.2, -0.15) is 5.10 Å². The average molecular weight is 777 g/mol. The molecule has 12 rings (SSSR count). The van der Waals surface area contributed by atoms with Gasteiger partial charge < -0.3 is 0 Å². The van der Waals surface area contributed by atoms with E-state index >= 15 is 0 Å². The monoisotopic (exact) mass is 776 g/mol. The first kappa shape index (κ1) is 34.8. The molecular weight excluding hydrogens is 741 g/mol. The lowest BCUT2D eigenvalue weighted by Crippen LogP contribution is -1.96. The summed E-state index contributed by atoms with van der Waals surface area (Å²) >= 11 is 0. The van der Waals surface area contributed by atoms with Gasteiger partial charge in [-0.3, -0.25) is 0 Å². The molecule has 0 aliphatic rings. The maximum atomic E-state index is 5.45. The Morgan fingerprint density at radius 2 is 0.787 bits per heavy atom. The summed E-state index contributed by atoms with van der Waals surface area (Å²) < 4.78 is 2.14. The van der Waals surface area contributed by atoms with Crippen molar-refractivity contribution in [3.05, 3.63) is 218 Å². The number of aromatic nitrogens is 4. The first-order valence-corrected chi connectivity index (χ1v) is 20.7. The van der Waals surface area contributed by atoms with Crippen molar-refractivity contribution < 1.29 is 0 Å². The third kappa shape index (κ3) is 5.88. The van der Waals surface area contributed by atoms with Crippen LogP contribution >= 0.6 is 0 Å². The van der Waals surface area contributed by atoms with Crippen molar-refractivity contribution in [3.63, 3.8) is 0 Å². The van der Waals surface area contributed by atoms with Crippen molar-refractivity contribution in [2.24, 2.45) is 0 Å². The molecule has 9 aromatic carbocycles.